The van der Waals surface area contributed by atoms with Crippen LogP contribution in [0.1, 0.15) is 12.5 Å². The van der Waals surface area contributed by atoms with Crippen LogP contribution in [0.25, 0.3) is 0 Å². The molecule has 5 heteroatoms. The van der Waals surface area contributed by atoms with E-state index in [2.05, 4.69) is 0 Å². The fourth-order valence-electron chi connectivity index (χ4n) is 1.95. The molecule has 1 unspecified atom stereocenters. The summed E-state index contributed by atoms with van der Waals surface area (Å²) < 4.78 is 23.3. The van der Waals surface area contributed by atoms with Crippen LogP contribution in [0.5, 0.6) is 5.75 Å². The molecular weight excluding hydrogens is 237 g/mol. The van der Waals surface area contributed by atoms with Crippen molar-refractivity contribution in [3.05, 3.63) is 29.8 Å². The van der Waals surface area contributed by atoms with E-state index in [-0.39, 0.29) is 6.61 Å². The van der Waals surface area contributed by atoms with E-state index in [1.807, 2.05) is 24.3 Å². The van der Waals surface area contributed by atoms with E-state index in [1.165, 1.54) is 11.8 Å². The highest BCUT2D eigenvalue weighted by atomic mass is 19.1. The van der Waals surface area contributed by atoms with Gasteiger partial charge in [0.05, 0.1) is 7.11 Å². The van der Waals surface area contributed by atoms with Gasteiger partial charge >= 0.3 is 6.09 Å². The third kappa shape index (κ3) is 2.55. The SMILES string of the molecule is COc1ccc(CN2C(=O)OCC2[C@H](C)F)cc1. The van der Waals surface area contributed by atoms with E-state index >= 15 is 0 Å². The van der Waals surface area contributed by atoms with Gasteiger partial charge in [-0.15, -0.1) is 0 Å². The van der Waals surface area contributed by atoms with Gasteiger partial charge in [0.1, 0.15) is 24.6 Å². The zero-order valence-corrected chi connectivity index (χ0v) is 10.4. The first-order valence-corrected chi connectivity index (χ1v) is 5.82. The monoisotopic (exact) mass is 253 g/mol. The first-order valence-electron chi connectivity index (χ1n) is 5.82. The molecule has 4 nitrogen and oxygen atoms in total. The molecule has 1 aromatic rings. The van der Waals surface area contributed by atoms with Gasteiger partial charge in [-0.2, -0.15) is 0 Å². The van der Waals surface area contributed by atoms with Gasteiger partial charge in [-0.1, -0.05) is 12.1 Å². The fourth-order valence-corrected chi connectivity index (χ4v) is 1.95. The summed E-state index contributed by atoms with van der Waals surface area (Å²) in [6.07, 6.45) is -1.56. The molecule has 0 aliphatic carbocycles. The number of hydrogen-bond donors (Lipinski definition) is 0. The van der Waals surface area contributed by atoms with Crippen LogP contribution in [0.2, 0.25) is 0 Å². The maximum Gasteiger partial charge on any atom is 0.410 e. The molecule has 1 fully saturated rings. The van der Waals surface area contributed by atoms with E-state index in [4.69, 9.17) is 9.47 Å². The van der Waals surface area contributed by atoms with Crippen molar-refractivity contribution in [1.82, 2.24) is 4.90 Å². The molecule has 0 saturated carbocycles. The maximum atomic E-state index is 13.4. The third-order valence-corrected chi connectivity index (χ3v) is 3.05. The number of halogens is 1. The number of ether oxygens (including phenoxy) is 2. The highest BCUT2D eigenvalue weighted by Gasteiger charge is 2.36. The molecule has 1 heterocycles. The molecule has 98 valence electrons. The summed E-state index contributed by atoms with van der Waals surface area (Å²) in [6.45, 7) is 1.90. The van der Waals surface area contributed by atoms with Crippen molar-refractivity contribution >= 4 is 6.09 Å². The molecule has 0 radical (unpaired) electrons. The Morgan fingerprint density at radius 1 is 1.50 bits per heavy atom. The predicted octanol–water partition coefficient (Wildman–Crippen LogP) is 2.37. The number of rotatable bonds is 4. The van der Waals surface area contributed by atoms with Gasteiger partial charge in [-0.25, -0.2) is 9.18 Å². The molecule has 1 aliphatic heterocycles. The zero-order chi connectivity index (χ0) is 13.1. The Balaban J connectivity index is 2.08. The number of hydrogen-bond acceptors (Lipinski definition) is 3. The Labute approximate surface area is 105 Å². The number of amides is 1. The van der Waals surface area contributed by atoms with Crippen LogP contribution < -0.4 is 4.74 Å². The van der Waals surface area contributed by atoms with Crippen LogP contribution in [-0.4, -0.2) is 36.9 Å². The summed E-state index contributed by atoms with van der Waals surface area (Å²) in [6, 6.07) is 6.82. The lowest BCUT2D eigenvalue weighted by atomic mass is 10.1. The maximum absolute atomic E-state index is 13.4. The van der Waals surface area contributed by atoms with Gasteiger partial charge in [-0.3, -0.25) is 4.90 Å². The van der Waals surface area contributed by atoms with Crippen molar-refractivity contribution in [2.45, 2.75) is 25.7 Å². The number of alkyl halides is 1. The van der Waals surface area contributed by atoms with Crippen LogP contribution >= 0.6 is 0 Å². The second-order valence-electron chi connectivity index (χ2n) is 4.30. The van der Waals surface area contributed by atoms with Crippen molar-refractivity contribution < 1.29 is 18.7 Å². The lowest BCUT2D eigenvalue weighted by Gasteiger charge is -2.22. The number of carbonyl (C=O) groups is 1. The molecule has 0 aromatic heterocycles. The Morgan fingerprint density at radius 2 is 2.17 bits per heavy atom. The zero-order valence-electron chi connectivity index (χ0n) is 10.4. The first kappa shape index (κ1) is 12.7. The minimum atomic E-state index is -1.10. The van der Waals surface area contributed by atoms with Crippen molar-refractivity contribution in [2.24, 2.45) is 0 Å². The molecule has 1 aromatic carbocycles. The highest BCUT2D eigenvalue weighted by Crippen LogP contribution is 2.21. The van der Waals surface area contributed by atoms with Crippen LogP contribution in [-0.2, 0) is 11.3 Å². The second kappa shape index (κ2) is 5.25. The van der Waals surface area contributed by atoms with E-state index in [9.17, 15) is 9.18 Å². The molecule has 0 spiro atoms. The van der Waals surface area contributed by atoms with Crippen molar-refractivity contribution in [3.63, 3.8) is 0 Å². The molecule has 18 heavy (non-hydrogen) atoms. The van der Waals surface area contributed by atoms with Crippen molar-refractivity contribution in [1.29, 1.82) is 0 Å². The summed E-state index contributed by atoms with van der Waals surface area (Å²) in [4.78, 5) is 13.0. The molecule has 1 aliphatic rings. The van der Waals surface area contributed by atoms with E-state index in [0.29, 0.717) is 6.54 Å². The van der Waals surface area contributed by atoms with Gasteiger partial charge in [0.15, 0.2) is 0 Å². The number of carbonyl (C=O) groups excluding carboxylic acids is 1. The van der Waals surface area contributed by atoms with Gasteiger partial charge in [0.2, 0.25) is 0 Å². The summed E-state index contributed by atoms with van der Waals surface area (Å²) in [5, 5.41) is 0. The Morgan fingerprint density at radius 3 is 2.72 bits per heavy atom. The van der Waals surface area contributed by atoms with Crippen LogP contribution in [0.3, 0.4) is 0 Å². The summed E-state index contributed by atoms with van der Waals surface area (Å²) in [5.74, 6) is 0.748. The van der Waals surface area contributed by atoms with Gasteiger partial charge < -0.3 is 9.47 Å². The number of methoxy groups -OCH3 is 1. The fraction of sp³-hybridized carbons (Fsp3) is 0.462. The molecule has 0 bridgehead atoms. The smallest absolute Gasteiger partial charge is 0.410 e. The molecular formula is C13H16FNO3. The summed E-state index contributed by atoms with van der Waals surface area (Å²) in [7, 11) is 1.59. The molecule has 2 atom stereocenters. The number of benzene rings is 1. The normalized spacial score (nSPS) is 20.7. The first-order chi connectivity index (χ1) is 8.61. The second-order valence-corrected chi connectivity index (χ2v) is 4.30. The van der Waals surface area contributed by atoms with E-state index in [0.717, 1.165) is 11.3 Å². The predicted molar refractivity (Wildman–Crippen MR) is 64.2 cm³/mol. The van der Waals surface area contributed by atoms with E-state index in [1.54, 1.807) is 7.11 Å². The van der Waals surface area contributed by atoms with Crippen LogP contribution in [0.4, 0.5) is 9.18 Å². The summed E-state index contributed by atoms with van der Waals surface area (Å²) >= 11 is 0. The van der Waals surface area contributed by atoms with Crippen LogP contribution in [0, 0.1) is 0 Å². The third-order valence-electron chi connectivity index (χ3n) is 3.05. The summed E-state index contributed by atoms with van der Waals surface area (Å²) in [5.41, 5.74) is 0.917. The molecule has 1 amide bonds. The Kier molecular flexibility index (Phi) is 3.69. The lowest BCUT2D eigenvalue weighted by Crippen LogP contribution is -2.38. The van der Waals surface area contributed by atoms with Crippen LogP contribution in [0.15, 0.2) is 24.3 Å². The number of nitrogens with zero attached hydrogens (tertiary/aromatic N) is 1. The van der Waals surface area contributed by atoms with Gasteiger partial charge in [0, 0.05) is 6.54 Å². The molecule has 1 saturated heterocycles. The molecule has 0 N–H and O–H groups in total. The minimum Gasteiger partial charge on any atom is -0.497 e. The van der Waals surface area contributed by atoms with Crippen molar-refractivity contribution in [2.75, 3.05) is 13.7 Å². The average molecular weight is 253 g/mol. The van der Waals surface area contributed by atoms with Gasteiger partial charge in [-0.05, 0) is 24.6 Å². The van der Waals surface area contributed by atoms with Crippen molar-refractivity contribution in [3.8, 4) is 5.75 Å². The Hall–Kier alpha value is -1.78. The topological polar surface area (TPSA) is 38.8 Å². The number of cyclic esters (lactones) is 1. The van der Waals surface area contributed by atoms with Gasteiger partial charge in [0.25, 0.3) is 0 Å². The average Bonchev–Trinajstić information content (AvgIpc) is 2.72. The standard InChI is InChI=1S/C13H16FNO3/c1-9(14)12-8-18-13(16)15(12)7-10-3-5-11(17-2)6-4-10/h3-6,9,12H,7-8H2,1-2H3/t9-,12?/m0/s1. The Bertz CT molecular complexity index is 419. The minimum absolute atomic E-state index is 0.118. The molecule has 2 rings (SSSR count). The van der Waals surface area contributed by atoms with E-state index < -0.39 is 18.3 Å². The highest BCUT2D eigenvalue weighted by molar-refractivity contribution is 5.70. The quantitative estimate of drug-likeness (QED) is 0.827. The largest absolute Gasteiger partial charge is 0.497 e. The lowest BCUT2D eigenvalue weighted by molar-refractivity contribution is 0.150.